The number of hydrogen-bond acceptors (Lipinski definition) is 5. The first-order chi connectivity index (χ1) is 14.5. The summed E-state index contributed by atoms with van der Waals surface area (Å²) < 4.78 is 5.34. The first-order valence-corrected chi connectivity index (χ1v) is 10.4. The summed E-state index contributed by atoms with van der Waals surface area (Å²) in [5.74, 6) is 0.672. The van der Waals surface area contributed by atoms with Gasteiger partial charge in [-0.3, -0.25) is 14.5 Å². The van der Waals surface area contributed by atoms with Crippen molar-refractivity contribution in [2.45, 2.75) is 32.4 Å². The summed E-state index contributed by atoms with van der Waals surface area (Å²) in [6, 6.07) is 11.3. The fourth-order valence-corrected chi connectivity index (χ4v) is 4.03. The summed E-state index contributed by atoms with van der Waals surface area (Å²) in [6.45, 7) is 5.25. The summed E-state index contributed by atoms with van der Waals surface area (Å²) in [4.78, 5) is 26.9. The van der Waals surface area contributed by atoms with Crippen LogP contribution in [-0.2, 0) is 17.8 Å². The number of methoxy groups -OCH3 is 1. The number of ether oxygens (including phenoxy) is 1. The van der Waals surface area contributed by atoms with Crippen LogP contribution in [0.5, 0.6) is 5.75 Å². The zero-order valence-electron chi connectivity index (χ0n) is 17.5. The Kier molecular flexibility index (Phi) is 5.90. The first-order valence-electron chi connectivity index (χ1n) is 10.4. The Bertz CT molecular complexity index is 959. The number of anilines is 2. The average Bonchev–Trinajstić information content (AvgIpc) is 2.76. The van der Waals surface area contributed by atoms with E-state index in [1.165, 1.54) is 11.1 Å². The molecule has 1 unspecified atom stereocenters. The van der Waals surface area contributed by atoms with Crippen LogP contribution in [0.1, 0.15) is 34.8 Å². The third-order valence-electron chi connectivity index (χ3n) is 5.76. The van der Waals surface area contributed by atoms with E-state index in [9.17, 15) is 9.59 Å². The smallest absolute Gasteiger partial charge is 0.253 e. The largest absolute Gasteiger partial charge is 0.497 e. The molecule has 0 saturated carbocycles. The lowest BCUT2D eigenvalue weighted by atomic mass is 9.99. The molecule has 0 aliphatic carbocycles. The molecule has 2 heterocycles. The minimum absolute atomic E-state index is 0.0965. The van der Waals surface area contributed by atoms with E-state index >= 15 is 0 Å². The highest BCUT2D eigenvalue weighted by molar-refractivity contribution is 6.09. The molecule has 2 aliphatic heterocycles. The van der Waals surface area contributed by atoms with Crippen LogP contribution < -0.4 is 20.7 Å². The van der Waals surface area contributed by atoms with Gasteiger partial charge >= 0.3 is 0 Å². The Balaban J connectivity index is 1.29. The van der Waals surface area contributed by atoms with Crippen molar-refractivity contribution in [3.8, 4) is 5.75 Å². The van der Waals surface area contributed by atoms with Gasteiger partial charge in [-0.1, -0.05) is 12.1 Å². The molecule has 0 bridgehead atoms. The predicted octanol–water partition coefficient (Wildman–Crippen LogP) is 2.63. The minimum atomic E-state index is -0.368. The van der Waals surface area contributed by atoms with Gasteiger partial charge in [0.25, 0.3) is 5.91 Å². The number of nitrogens with one attached hydrogen (secondary N) is 3. The first kappa shape index (κ1) is 20.2. The molecule has 0 radical (unpaired) electrons. The van der Waals surface area contributed by atoms with Crippen molar-refractivity contribution in [1.82, 2.24) is 10.2 Å². The van der Waals surface area contributed by atoms with Crippen LogP contribution in [-0.4, -0.2) is 49.5 Å². The standard InChI is InChI=1S/C23H28N4O3/c1-15-22(28)26-20-6-3-5-19(21(20)25-15)23(29)24-10-4-11-27-12-9-16-7-8-18(30-2)13-17(16)14-27/h3,5-8,13,15,25H,4,9-12,14H2,1-2H3,(H,24,29)(H,26,28). The Morgan fingerprint density at radius 3 is 2.97 bits per heavy atom. The van der Waals surface area contributed by atoms with Crippen LogP contribution in [0.2, 0.25) is 0 Å². The zero-order valence-corrected chi connectivity index (χ0v) is 17.5. The number of carbonyl (C=O) groups is 2. The predicted molar refractivity (Wildman–Crippen MR) is 117 cm³/mol. The van der Waals surface area contributed by atoms with E-state index in [0.29, 0.717) is 23.5 Å². The summed E-state index contributed by atoms with van der Waals surface area (Å²) in [6.07, 6.45) is 1.91. The molecule has 30 heavy (non-hydrogen) atoms. The van der Waals surface area contributed by atoms with E-state index in [1.807, 2.05) is 6.07 Å². The average molecular weight is 409 g/mol. The van der Waals surface area contributed by atoms with Gasteiger partial charge in [-0.15, -0.1) is 0 Å². The van der Waals surface area contributed by atoms with Crippen molar-refractivity contribution in [2.24, 2.45) is 0 Å². The summed E-state index contributed by atoms with van der Waals surface area (Å²) >= 11 is 0. The number of benzene rings is 2. The van der Waals surface area contributed by atoms with E-state index < -0.39 is 0 Å². The Morgan fingerprint density at radius 2 is 2.13 bits per heavy atom. The third-order valence-corrected chi connectivity index (χ3v) is 5.76. The number of fused-ring (bicyclic) bond motifs is 2. The van der Waals surface area contributed by atoms with Crippen LogP contribution in [0.4, 0.5) is 11.4 Å². The molecule has 2 aromatic carbocycles. The van der Waals surface area contributed by atoms with E-state index in [-0.39, 0.29) is 17.9 Å². The topological polar surface area (TPSA) is 82.7 Å². The summed E-state index contributed by atoms with van der Waals surface area (Å²) in [5, 5.41) is 8.98. The fourth-order valence-electron chi connectivity index (χ4n) is 4.03. The van der Waals surface area contributed by atoms with Crippen LogP contribution in [0.25, 0.3) is 0 Å². The molecule has 1 atom stereocenters. The fraction of sp³-hybridized carbons (Fsp3) is 0.391. The number of hydrogen-bond donors (Lipinski definition) is 3. The molecular weight excluding hydrogens is 380 g/mol. The second-order valence-corrected chi connectivity index (χ2v) is 7.85. The molecule has 0 fully saturated rings. The van der Waals surface area contributed by atoms with Crippen LogP contribution in [0.15, 0.2) is 36.4 Å². The quantitative estimate of drug-likeness (QED) is 0.640. The van der Waals surface area contributed by atoms with Crippen molar-refractivity contribution in [3.63, 3.8) is 0 Å². The van der Waals surface area contributed by atoms with E-state index in [4.69, 9.17) is 4.74 Å². The summed E-state index contributed by atoms with van der Waals surface area (Å²) in [7, 11) is 1.69. The van der Waals surface area contributed by atoms with Crippen molar-refractivity contribution < 1.29 is 14.3 Å². The number of carbonyl (C=O) groups excluding carboxylic acids is 2. The van der Waals surface area contributed by atoms with E-state index in [0.717, 1.165) is 38.2 Å². The highest BCUT2D eigenvalue weighted by Crippen LogP contribution is 2.30. The Morgan fingerprint density at radius 1 is 1.27 bits per heavy atom. The van der Waals surface area contributed by atoms with Crippen LogP contribution >= 0.6 is 0 Å². The van der Waals surface area contributed by atoms with E-state index in [1.54, 1.807) is 32.2 Å². The van der Waals surface area contributed by atoms with Gasteiger partial charge in [0.1, 0.15) is 11.8 Å². The van der Waals surface area contributed by atoms with Gasteiger partial charge < -0.3 is 20.7 Å². The lowest BCUT2D eigenvalue weighted by Crippen LogP contribution is -2.38. The van der Waals surface area contributed by atoms with Gasteiger partial charge in [0.05, 0.1) is 24.0 Å². The summed E-state index contributed by atoms with van der Waals surface area (Å²) in [5.41, 5.74) is 4.60. The molecule has 2 aliphatic rings. The maximum atomic E-state index is 12.7. The minimum Gasteiger partial charge on any atom is -0.497 e. The molecule has 0 spiro atoms. The maximum Gasteiger partial charge on any atom is 0.253 e. The molecule has 7 nitrogen and oxygen atoms in total. The second kappa shape index (κ2) is 8.75. The monoisotopic (exact) mass is 408 g/mol. The lowest BCUT2D eigenvalue weighted by molar-refractivity contribution is -0.116. The molecule has 158 valence electrons. The van der Waals surface area contributed by atoms with Gasteiger partial charge in [-0.2, -0.15) is 0 Å². The lowest BCUT2D eigenvalue weighted by Gasteiger charge is -2.29. The van der Waals surface area contributed by atoms with Gasteiger partial charge in [0.15, 0.2) is 0 Å². The Labute approximate surface area is 176 Å². The molecule has 4 rings (SSSR count). The molecule has 2 aromatic rings. The molecule has 7 heteroatoms. The van der Waals surface area contributed by atoms with Crippen LogP contribution in [0, 0.1) is 0 Å². The second-order valence-electron chi connectivity index (χ2n) is 7.85. The molecule has 3 N–H and O–H groups in total. The van der Waals surface area contributed by atoms with Crippen molar-refractivity contribution in [3.05, 3.63) is 53.1 Å². The molecule has 0 aromatic heterocycles. The SMILES string of the molecule is COc1ccc2c(c1)CN(CCCNC(=O)c1cccc3c1NC(C)C(=O)N3)CC2. The van der Waals surface area contributed by atoms with Gasteiger partial charge in [-0.05, 0) is 55.2 Å². The zero-order chi connectivity index (χ0) is 21.1. The van der Waals surface area contributed by atoms with Crippen molar-refractivity contribution in [2.75, 3.05) is 37.4 Å². The van der Waals surface area contributed by atoms with Gasteiger partial charge in [0.2, 0.25) is 5.91 Å². The number of rotatable bonds is 6. The number of para-hydroxylation sites is 1. The highest BCUT2D eigenvalue weighted by atomic mass is 16.5. The normalized spacial score (nSPS) is 17.9. The molecular formula is C23H28N4O3. The van der Waals surface area contributed by atoms with Gasteiger partial charge in [0, 0.05) is 26.2 Å². The number of nitrogens with zero attached hydrogens (tertiary/aromatic N) is 1. The van der Waals surface area contributed by atoms with Crippen molar-refractivity contribution >= 4 is 23.2 Å². The van der Waals surface area contributed by atoms with E-state index in [2.05, 4.69) is 33.0 Å². The third kappa shape index (κ3) is 4.26. The van der Waals surface area contributed by atoms with Crippen molar-refractivity contribution in [1.29, 1.82) is 0 Å². The Hall–Kier alpha value is -3.06. The maximum absolute atomic E-state index is 12.7. The number of amides is 2. The van der Waals surface area contributed by atoms with Crippen LogP contribution in [0.3, 0.4) is 0 Å². The highest BCUT2D eigenvalue weighted by Gasteiger charge is 2.25. The molecule has 0 saturated heterocycles. The van der Waals surface area contributed by atoms with Gasteiger partial charge in [-0.25, -0.2) is 0 Å². The molecule has 2 amide bonds.